The predicted molar refractivity (Wildman–Crippen MR) is 160 cm³/mol. The maximum absolute atomic E-state index is 10.0. The molecular weight excluding hydrogens is 490 g/mol. The second kappa shape index (κ2) is 17.0. The van der Waals surface area contributed by atoms with E-state index in [4.69, 9.17) is 5.73 Å². The average molecular weight is 530 g/mol. The van der Waals surface area contributed by atoms with Gasteiger partial charge in [-0.05, 0) is 76.2 Å². The molecule has 0 radical (unpaired) electrons. The Hall–Kier alpha value is -4.66. The second-order valence-electron chi connectivity index (χ2n) is 8.24. The first kappa shape index (κ1) is 30.6. The third-order valence-electron chi connectivity index (χ3n) is 5.65. The summed E-state index contributed by atoms with van der Waals surface area (Å²) in [6, 6.07) is 19.9. The van der Waals surface area contributed by atoms with E-state index in [2.05, 4.69) is 57.7 Å². The van der Waals surface area contributed by atoms with Crippen molar-refractivity contribution in [3.63, 3.8) is 0 Å². The van der Waals surface area contributed by atoms with Crippen LogP contribution < -0.4 is 15.5 Å². The summed E-state index contributed by atoms with van der Waals surface area (Å²) in [6.07, 6.45) is 6.59. The molecule has 0 spiro atoms. The van der Waals surface area contributed by atoms with Gasteiger partial charge < -0.3 is 25.7 Å². The highest BCUT2D eigenvalue weighted by Crippen LogP contribution is 2.32. The van der Waals surface area contributed by atoms with Crippen LogP contribution >= 0.6 is 0 Å². The number of phenols is 2. The number of hydrogen-bond acceptors (Lipinski definition) is 9. The lowest BCUT2D eigenvalue weighted by Gasteiger charge is -2.21. The van der Waals surface area contributed by atoms with E-state index < -0.39 is 0 Å². The molecule has 0 aliphatic carbocycles. The average Bonchev–Trinajstić information content (AvgIpc) is 2.96. The minimum Gasteiger partial charge on any atom is -0.508 e. The molecule has 0 bridgehead atoms. The fraction of sp³-hybridized carbons (Fsp3) is 0.267. The fourth-order valence-electron chi connectivity index (χ4n) is 3.56. The first-order chi connectivity index (χ1) is 18.9. The third-order valence-corrected chi connectivity index (χ3v) is 5.65. The molecule has 2 heterocycles. The van der Waals surface area contributed by atoms with Crippen molar-refractivity contribution in [2.45, 2.75) is 27.7 Å². The molecule has 206 valence electrons. The lowest BCUT2D eigenvalue weighted by atomic mass is 10.2. The lowest BCUT2D eigenvalue weighted by Crippen LogP contribution is -2.21. The zero-order chi connectivity index (χ0) is 28.5. The van der Waals surface area contributed by atoms with Crippen molar-refractivity contribution in [1.82, 2.24) is 9.97 Å². The predicted octanol–water partition coefficient (Wildman–Crippen LogP) is 6.95. The number of anilines is 3. The van der Waals surface area contributed by atoms with E-state index >= 15 is 0 Å². The van der Waals surface area contributed by atoms with Gasteiger partial charge in [0.1, 0.15) is 22.9 Å². The van der Waals surface area contributed by atoms with Crippen LogP contribution in [0.25, 0.3) is 0 Å². The summed E-state index contributed by atoms with van der Waals surface area (Å²) in [5.41, 5.74) is 9.17. The normalized spacial score (nSPS) is 10.2. The van der Waals surface area contributed by atoms with Crippen molar-refractivity contribution < 1.29 is 10.2 Å². The summed E-state index contributed by atoms with van der Waals surface area (Å²) in [4.78, 5) is 12.1. The topological polar surface area (TPSA) is 123 Å². The molecule has 0 fully saturated rings. The van der Waals surface area contributed by atoms with Crippen LogP contribution in [0.5, 0.6) is 11.5 Å². The Balaban J connectivity index is 0.000000236. The third kappa shape index (κ3) is 10.7. The molecule has 9 nitrogen and oxygen atoms in total. The van der Waals surface area contributed by atoms with Crippen molar-refractivity contribution >= 4 is 28.4 Å². The Bertz CT molecular complexity index is 1250. The van der Waals surface area contributed by atoms with Gasteiger partial charge in [0.25, 0.3) is 0 Å². The van der Waals surface area contributed by atoms with Crippen molar-refractivity contribution in [3.05, 3.63) is 91.5 Å². The second-order valence-corrected chi connectivity index (χ2v) is 8.24. The van der Waals surface area contributed by atoms with Gasteiger partial charge in [-0.1, -0.05) is 6.07 Å². The van der Waals surface area contributed by atoms with Crippen molar-refractivity contribution in [1.29, 1.82) is 0 Å². The number of pyridine rings is 2. The number of azo groups is 1. The van der Waals surface area contributed by atoms with E-state index in [-0.39, 0.29) is 5.75 Å². The van der Waals surface area contributed by atoms with Gasteiger partial charge in [0.15, 0.2) is 0 Å². The zero-order valence-corrected chi connectivity index (χ0v) is 23.1. The van der Waals surface area contributed by atoms with Crippen molar-refractivity contribution in [2.24, 2.45) is 10.2 Å². The van der Waals surface area contributed by atoms with Crippen LogP contribution in [0, 0.1) is 0 Å². The molecule has 0 aliphatic heterocycles. The molecular formula is C30H39N7O2. The number of phenolic OH excluding ortho intramolecular Hbond substituents is 2. The van der Waals surface area contributed by atoms with E-state index in [1.165, 1.54) is 0 Å². The van der Waals surface area contributed by atoms with Gasteiger partial charge in [-0.3, -0.25) is 9.97 Å². The molecule has 4 rings (SSSR count). The van der Waals surface area contributed by atoms with Gasteiger partial charge in [-0.15, -0.1) is 10.2 Å². The zero-order valence-electron chi connectivity index (χ0n) is 23.1. The highest BCUT2D eigenvalue weighted by molar-refractivity contribution is 5.61. The first-order valence-corrected chi connectivity index (χ1v) is 13.0. The van der Waals surface area contributed by atoms with Crippen LogP contribution in [-0.4, -0.2) is 46.4 Å². The number of hydrogen-bond donors (Lipinski definition) is 3. The van der Waals surface area contributed by atoms with E-state index in [0.717, 1.165) is 37.6 Å². The van der Waals surface area contributed by atoms with Crippen LogP contribution in [0.2, 0.25) is 0 Å². The number of benzene rings is 2. The molecule has 4 N–H and O–H groups in total. The van der Waals surface area contributed by atoms with E-state index in [1.807, 2.05) is 18.2 Å². The standard InChI is InChI=1S/C15H18N4O.C10H15NO.C5H6N2/c1-3-19(4-2)13-7-8-14(15(20)10-13)18-17-12-6-5-9-16-11-12;1-3-11(4-2)9-6-5-7-10(12)8-9;6-5-2-1-3-7-4-5/h5-11,20H,3-4H2,1-2H3;5-8,12H,3-4H2,1-2H3;1-4H,6H2. The molecule has 0 amide bonds. The minimum atomic E-state index is 0.127. The van der Waals surface area contributed by atoms with Gasteiger partial charge in [0, 0.05) is 68.3 Å². The summed E-state index contributed by atoms with van der Waals surface area (Å²) in [6.45, 7) is 12.1. The van der Waals surface area contributed by atoms with Gasteiger partial charge in [-0.25, -0.2) is 0 Å². The number of aromatic nitrogens is 2. The lowest BCUT2D eigenvalue weighted by molar-refractivity contribution is 0.475. The highest BCUT2D eigenvalue weighted by atomic mass is 16.3. The van der Waals surface area contributed by atoms with Crippen LogP contribution in [0.15, 0.2) is 102 Å². The molecule has 9 heteroatoms. The molecule has 0 atom stereocenters. The highest BCUT2D eigenvalue weighted by Gasteiger charge is 2.06. The minimum absolute atomic E-state index is 0.127. The molecule has 2 aromatic heterocycles. The quantitative estimate of drug-likeness (QED) is 0.211. The Morgan fingerprint density at radius 1 is 0.692 bits per heavy atom. The first-order valence-electron chi connectivity index (χ1n) is 13.0. The Kier molecular flexibility index (Phi) is 13.3. The molecule has 0 aliphatic rings. The number of aromatic hydroxyl groups is 2. The summed E-state index contributed by atoms with van der Waals surface area (Å²) in [5, 5.41) is 27.3. The van der Waals surface area contributed by atoms with Crippen LogP contribution in [0.3, 0.4) is 0 Å². The molecule has 0 unspecified atom stereocenters. The van der Waals surface area contributed by atoms with Crippen LogP contribution in [0.1, 0.15) is 27.7 Å². The summed E-state index contributed by atoms with van der Waals surface area (Å²) < 4.78 is 0. The summed E-state index contributed by atoms with van der Waals surface area (Å²) in [5.74, 6) is 0.460. The maximum atomic E-state index is 10.0. The number of rotatable bonds is 8. The summed E-state index contributed by atoms with van der Waals surface area (Å²) >= 11 is 0. The fourth-order valence-corrected chi connectivity index (χ4v) is 3.56. The van der Waals surface area contributed by atoms with E-state index in [1.54, 1.807) is 73.3 Å². The van der Waals surface area contributed by atoms with Crippen molar-refractivity contribution in [2.75, 3.05) is 41.7 Å². The van der Waals surface area contributed by atoms with E-state index in [0.29, 0.717) is 22.8 Å². The Morgan fingerprint density at radius 2 is 1.31 bits per heavy atom. The van der Waals surface area contributed by atoms with Gasteiger partial charge in [0.2, 0.25) is 0 Å². The van der Waals surface area contributed by atoms with Gasteiger partial charge in [-0.2, -0.15) is 0 Å². The maximum Gasteiger partial charge on any atom is 0.145 e. The van der Waals surface area contributed by atoms with Crippen LogP contribution in [-0.2, 0) is 0 Å². The summed E-state index contributed by atoms with van der Waals surface area (Å²) in [7, 11) is 0. The van der Waals surface area contributed by atoms with Gasteiger partial charge in [0.05, 0.1) is 11.9 Å². The molecule has 0 saturated heterocycles. The smallest absolute Gasteiger partial charge is 0.145 e. The number of nitrogens with zero attached hydrogens (tertiary/aromatic N) is 6. The van der Waals surface area contributed by atoms with Crippen LogP contribution in [0.4, 0.5) is 28.4 Å². The SMILES string of the molecule is CCN(CC)c1ccc(N=Nc2cccnc2)c(O)c1.CCN(CC)c1cccc(O)c1.Nc1cccnc1. The van der Waals surface area contributed by atoms with Gasteiger partial charge >= 0.3 is 0 Å². The van der Waals surface area contributed by atoms with Crippen molar-refractivity contribution in [3.8, 4) is 11.5 Å². The Labute approximate surface area is 231 Å². The number of nitrogen functional groups attached to an aromatic ring is 1. The number of nitrogens with two attached hydrogens (primary N) is 1. The Morgan fingerprint density at radius 3 is 1.77 bits per heavy atom. The largest absolute Gasteiger partial charge is 0.508 e. The molecule has 0 saturated carbocycles. The van der Waals surface area contributed by atoms with E-state index in [9.17, 15) is 10.2 Å². The monoisotopic (exact) mass is 529 g/mol. The molecule has 2 aromatic carbocycles. The molecule has 39 heavy (non-hydrogen) atoms. The molecule has 4 aromatic rings.